The third kappa shape index (κ3) is 2.44. The van der Waals surface area contributed by atoms with E-state index in [1.165, 1.54) is 51.4 Å². The molecule has 3 aliphatic rings. The van der Waals surface area contributed by atoms with Gasteiger partial charge in [0.1, 0.15) is 0 Å². The van der Waals surface area contributed by atoms with Gasteiger partial charge in [0.2, 0.25) is 0 Å². The molecule has 114 valence electrons. The van der Waals surface area contributed by atoms with Crippen LogP contribution in [0, 0.1) is 17.8 Å². The molecule has 1 aromatic carbocycles. The van der Waals surface area contributed by atoms with Gasteiger partial charge in [-0.1, -0.05) is 49.9 Å². The van der Waals surface area contributed by atoms with Crippen LogP contribution in [0.5, 0.6) is 0 Å². The number of nitrogens with one attached hydrogen (secondary N) is 1. The summed E-state index contributed by atoms with van der Waals surface area (Å²) < 4.78 is 0. The normalized spacial score (nSPS) is 33.7. The van der Waals surface area contributed by atoms with E-state index in [-0.39, 0.29) is 0 Å². The van der Waals surface area contributed by atoms with E-state index in [1.54, 1.807) is 11.1 Å². The van der Waals surface area contributed by atoms with Crippen LogP contribution in [0.3, 0.4) is 0 Å². The third-order valence-corrected chi connectivity index (χ3v) is 6.55. The summed E-state index contributed by atoms with van der Waals surface area (Å²) in [6.45, 7) is 0. The molecular formula is C20H29N. The van der Waals surface area contributed by atoms with E-state index in [0.717, 1.165) is 29.7 Å². The van der Waals surface area contributed by atoms with E-state index < -0.39 is 0 Å². The first-order chi connectivity index (χ1) is 10.4. The number of fused-ring (bicyclic) bond motifs is 3. The summed E-state index contributed by atoms with van der Waals surface area (Å²) in [5.41, 5.74) is 3.32. The van der Waals surface area contributed by atoms with Gasteiger partial charge in [-0.05, 0) is 67.5 Å². The molecule has 0 heterocycles. The lowest BCUT2D eigenvalue weighted by molar-refractivity contribution is 0.293. The second-order valence-corrected chi connectivity index (χ2v) is 7.57. The van der Waals surface area contributed by atoms with Crippen LogP contribution < -0.4 is 5.32 Å². The fourth-order valence-electron chi connectivity index (χ4n) is 5.52. The van der Waals surface area contributed by atoms with Gasteiger partial charge in [-0.15, -0.1) is 0 Å². The molecule has 0 amide bonds. The zero-order chi connectivity index (χ0) is 14.2. The zero-order valence-electron chi connectivity index (χ0n) is 13.4. The largest absolute Gasteiger partial charge is 0.316 e. The quantitative estimate of drug-likeness (QED) is 0.804. The lowest BCUT2D eigenvalue weighted by Gasteiger charge is -2.26. The Morgan fingerprint density at radius 3 is 2.52 bits per heavy atom. The predicted octanol–water partition coefficient (Wildman–Crippen LogP) is 4.52. The van der Waals surface area contributed by atoms with Gasteiger partial charge in [-0.25, -0.2) is 0 Å². The molecule has 0 bridgehead atoms. The fraction of sp³-hybridized carbons (Fsp3) is 0.700. The second-order valence-electron chi connectivity index (χ2n) is 7.57. The maximum absolute atomic E-state index is 3.75. The molecule has 4 unspecified atom stereocenters. The van der Waals surface area contributed by atoms with Gasteiger partial charge < -0.3 is 5.32 Å². The summed E-state index contributed by atoms with van der Waals surface area (Å²) in [4.78, 5) is 0. The number of hydrogen-bond acceptors (Lipinski definition) is 1. The molecule has 3 aliphatic carbocycles. The first-order valence-electron chi connectivity index (χ1n) is 9.15. The molecule has 0 aromatic heterocycles. The van der Waals surface area contributed by atoms with Crippen molar-refractivity contribution in [2.75, 3.05) is 7.05 Å². The summed E-state index contributed by atoms with van der Waals surface area (Å²) in [6.07, 6.45) is 11.5. The van der Waals surface area contributed by atoms with E-state index in [2.05, 4.69) is 36.6 Å². The molecule has 1 aromatic rings. The van der Waals surface area contributed by atoms with E-state index in [4.69, 9.17) is 0 Å². The van der Waals surface area contributed by atoms with Crippen LogP contribution in [0.25, 0.3) is 0 Å². The van der Waals surface area contributed by atoms with Gasteiger partial charge in [0, 0.05) is 6.04 Å². The molecule has 1 N–H and O–H groups in total. The van der Waals surface area contributed by atoms with Crippen molar-refractivity contribution in [2.45, 2.75) is 63.3 Å². The fourth-order valence-corrected chi connectivity index (χ4v) is 5.52. The van der Waals surface area contributed by atoms with Crippen LogP contribution in [0.2, 0.25) is 0 Å². The lowest BCUT2D eigenvalue weighted by Crippen LogP contribution is -2.36. The molecule has 21 heavy (non-hydrogen) atoms. The molecule has 4 atom stereocenters. The Hall–Kier alpha value is -0.820. The summed E-state index contributed by atoms with van der Waals surface area (Å²) in [5, 5.41) is 3.75. The summed E-state index contributed by atoms with van der Waals surface area (Å²) in [5.74, 6) is 3.69. The highest BCUT2D eigenvalue weighted by Crippen LogP contribution is 2.62. The minimum absolute atomic E-state index is 0.768. The molecule has 0 spiro atoms. The third-order valence-electron chi connectivity index (χ3n) is 6.55. The van der Waals surface area contributed by atoms with Crippen molar-refractivity contribution in [2.24, 2.45) is 17.8 Å². The van der Waals surface area contributed by atoms with Gasteiger partial charge in [0.25, 0.3) is 0 Å². The van der Waals surface area contributed by atoms with Crippen LogP contribution in [-0.4, -0.2) is 13.1 Å². The average molecular weight is 283 g/mol. The predicted molar refractivity (Wildman–Crippen MR) is 88.5 cm³/mol. The Morgan fingerprint density at radius 2 is 1.76 bits per heavy atom. The molecule has 1 heteroatoms. The van der Waals surface area contributed by atoms with Crippen molar-refractivity contribution in [3.05, 3.63) is 35.4 Å². The van der Waals surface area contributed by atoms with Crippen LogP contribution >= 0.6 is 0 Å². The zero-order valence-corrected chi connectivity index (χ0v) is 13.4. The number of rotatable bonds is 3. The monoisotopic (exact) mass is 283 g/mol. The Bertz CT molecular complexity index is 486. The molecule has 0 saturated heterocycles. The van der Waals surface area contributed by atoms with E-state index >= 15 is 0 Å². The van der Waals surface area contributed by atoms with Crippen molar-refractivity contribution in [1.82, 2.24) is 5.32 Å². The summed E-state index contributed by atoms with van der Waals surface area (Å²) in [6, 6.07) is 10.0. The van der Waals surface area contributed by atoms with Gasteiger partial charge in [0.05, 0.1) is 0 Å². The molecule has 0 aliphatic heterocycles. The summed E-state index contributed by atoms with van der Waals surface area (Å²) >= 11 is 0. The van der Waals surface area contributed by atoms with Crippen molar-refractivity contribution in [1.29, 1.82) is 0 Å². The molecule has 2 fully saturated rings. The Labute approximate surface area is 129 Å². The first kappa shape index (κ1) is 13.8. The lowest BCUT2D eigenvalue weighted by atomic mass is 9.87. The highest BCUT2D eigenvalue weighted by atomic mass is 14.9. The van der Waals surface area contributed by atoms with Crippen molar-refractivity contribution in [3.63, 3.8) is 0 Å². The van der Waals surface area contributed by atoms with E-state index in [0.29, 0.717) is 0 Å². The number of aryl methyl sites for hydroxylation is 1. The van der Waals surface area contributed by atoms with Crippen molar-refractivity contribution >= 4 is 0 Å². The Morgan fingerprint density at radius 1 is 1.00 bits per heavy atom. The summed E-state index contributed by atoms with van der Waals surface area (Å²) in [7, 11) is 2.21. The van der Waals surface area contributed by atoms with E-state index in [9.17, 15) is 0 Å². The standard InChI is InChI=1S/C20H29N/c1-21-20(15-9-4-2-3-5-10-15)19-17-13-12-14-8-6-7-11-16(14)18(17)19/h6-8,11,15,17-21H,2-5,9-10,12-13H2,1H3. The van der Waals surface area contributed by atoms with Crippen LogP contribution in [0.4, 0.5) is 0 Å². The second kappa shape index (κ2) is 5.76. The Balaban J connectivity index is 1.54. The molecule has 0 radical (unpaired) electrons. The minimum Gasteiger partial charge on any atom is -0.316 e. The van der Waals surface area contributed by atoms with Gasteiger partial charge in [0.15, 0.2) is 0 Å². The topological polar surface area (TPSA) is 12.0 Å². The molecular weight excluding hydrogens is 254 g/mol. The average Bonchev–Trinajstić information content (AvgIpc) is 3.29. The molecule has 2 saturated carbocycles. The molecule has 4 rings (SSSR count). The molecule has 1 nitrogen and oxygen atoms in total. The van der Waals surface area contributed by atoms with Crippen molar-refractivity contribution in [3.8, 4) is 0 Å². The van der Waals surface area contributed by atoms with Crippen LogP contribution in [0.1, 0.15) is 62.0 Å². The van der Waals surface area contributed by atoms with Gasteiger partial charge in [-0.3, -0.25) is 0 Å². The maximum Gasteiger partial charge on any atom is 0.0129 e. The smallest absolute Gasteiger partial charge is 0.0129 e. The first-order valence-corrected chi connectivity index (χ1v) is 9.15. The van der Waals surface area contributed by atoms with Crippen LogP contribution in [0.15, 0.2) is 24.3 Å². The minimum atomic E-state index is 0.768. The van der Waals surface area contributed by atoms with Gasteiger partial charge >= 0.3 is 0 Å². The number of benzene rings is 1. The Kier molecular flexibility index (Phi) is 3.79. The SMILES string of the molecule is CNC(C1CCCCCC1)C1C2CCc3ccccc3C21. The van der Waals surface area contributed by atoms with Crippen LogP contribution in [-0.2, 0) is 6.42 Å². The van der Waals surface area contributed by atoms with E-state index in [1.807, 2.05) is 0 Å². The van der Waals surface area contributed by atoms with Gasteiger partial charge in [-0.2, -0.15) is 0 Å². The van der Waals surface area contributed by atoms with Crippen molar-refractivity contribution < 1.29 is 0 Å². The highest BCUT2D eigenvalue weighted by molar-refractivity contribution is 5.40. The highest BCUT2D eigenvalue weighted by Gasteiger charge is 2.57. The maximum atomic E-state index is 3.75. The number of hydrogen-bond donors (Lipinski definition) is 1.